The van der Waals surface area contributed by atoms with Gasteiger partial charge in [0.15, 0.2) is 5.82 Å². The molecule has 33 heavy (non-hydrogen) atoms. The number of fused-ring (bicyclic) bond motifs is 3. The largest absolute Gasteiger partial charge is 0.382 e. The van der Waals surface area contributed by atoms with Crippen LogP contribution in [0.25, 0.3) is 0 Å². The number of aromatic nitrogens is 3. The number of nitrogens with two attached hydrogens (primary N) is 1. The maximum atomic E-state index is 6.33. The first-order valence-corrected chi connectivity index (χ1v) is 12.6. The van der Waals surface area contributed by atoms with Crippen LogP contribution in [0.3, 0.4) is 0 Å². The lowest BCUT2D eigenvalue weighted by Gasteiger charge is -2.49. The number of anilines is 2. The molecule has 3 aliphatic rings. The molecule has 1 atom stereocenters. The van der Waals surface area contributed by atoms with Crippen molar-refractivity contribution in [3.8, 4) is 0 Å². The van der Waals surface area contributed by atoms with Gasteiger partial charge in [-0.2, -0.15) is 0 Å². The summed E-state index contributed by atoms with van der Waals surface area (Å²) in [5.41, 5.74) is 10.3. The van der Waals surface area contributed by atoms with Crippen LogP contribution in [0.15, 0.2) is 52.6 Å². The van der Waals surface area contributed by atoms with E-state index in [9.17, 15) is 0 Å². The number of piperidine rings is 1. The fourth-order valence-corrected chi connectivity index (χ4v) is 6.49. The van der Waals surface area contributed by atoms with E-state index in [0.717, 1.165) is 41.0 Å². The summed E-state index contributed by atoms with van der Waals surface area (Å²) in [7, 11) is 0. The second kappa shape index (κ2) is 7.99. The van der Waals surface area contributed by atoms with Gasteiger partial charge in [0.2, 0.25) is 0 Å². The van der Waals surface area contributed by atoms with Gasteiger partial charge in [-0.3, -0.25) is 0 Å². The fourth-order valence-electron chi connectivity index (χ4n) is 5.30. The fraction of sp³-hybridized carbons (Fsp3) is 0.360. The van der Waals surface area contributed by atoms with Crippen LogP contribution in [0.5, 0.6) is 0 Å². The molecule has 1 fully saturated rings. The molecule has 1 aliphatic carbocycles. The molecule has 1 unspecified atom stereocenters. The number of halogens is 1. The lowest BCUT2D eigenvalue weighted by molar-refractivity contribution is 0.288. The smallest absolute Gasteiger partial charge is 0.174 e. The van der Waals surface area contributed by atoms with E-state index in [0.29, 0.717) is 22.1 Å². The zero-order chi connectivity index (χ0) is 22.6. The van der Waals surface area contributed by atoms with Gasteiger partial charge >= 0.3 is 0 Å². The molecule has 3 aromatic rings. The molecule has 0 bridgehead atoms. The quantitative estimate of drug-likeness (QED) is 0.546. The third kappa shape index (κ3) is 3.58. The van der Waals surface area contributed by atoms with Crippen molar-refractivity contribution in [2.45, 2.75) is 42.9 Å². The van der Waals surface area contributed by atoms with Crippen LogP contribution in [0.1, 0.15) is 36.6 Å². The van der Waals surface area contributed by atoms with Gasteiger partial charge in [0, 0.05) is 41.9 Å². The van der Waals surface area contributed by atoms with Crippen molar-refractivity contribution in [3.63, 3.8) is 0 Å². The minimum Gasteiger partial charge on any atom is -0.382 e. The van der Waals surface area contributed by atoms with Crippen molar-refractivity contribution in [3.05, 3.63) is 64.6 Å². The lowest BCUT2D eigenvalue weighted by atomic mass is 9.59. The molecular formula is C25H25ClN6S. The van der Waals surface area contributed by atoms with E-state index in [1.807, 2.05) is 12.3 Å². The Morgan fingerprint density at radius 3 is 2.79 bits per heavy atom. The van der Waals surface area contributed by atoms with Crippen LogP contribution in [0.4, 0.5) is 17.5 Å². The molecule has 1 spiro atoms. The molecule has 2 aliphatic heterocycles. The molecule has 4 heterocycles. The molecule has 0 amide bonds. The van der Waals surface area contributed by atoms with Crippen LogP contribution in [-0.4, -0.2) is 33.1 Å². The number of thioether (sulfide) groups is 1. The van der Waals surface area contributed by atoms with E-state index in [2.05, 4.69) is 41.1 Å². The molecule has 1 saturated heterocycles. The molecule has 1 aromatic carbocycles. The summed E-state index contributed by atoms with van der Waals surface area (Å²) >= 11 is 7.87. The van der Waals surface area contributed by atoms with Crippen LogP contribution in [-0.2, 0) is 18.3 Å². The highest BCUT2D eigenvalue weighted by Gasteiger charge is 2.44. The molecule has 168 valence electrons. The van der Waals surface area contributed by atoms with Gasteiger partial charge in [0.05, 0.1) is 22.0 Å². The average molecular weight is 477 g/mol. The highest BCUT2D eigenvalue weighted by molar-refractivity contribution is 8.14. The Balaban J connectivity index is 1.19. The third-order valence-corrected chi connectivity index (χ3v) is 8.98. The standard InChI is InChI=1S/C25H25ClN6S/c1-15-12-18-23(31-24(15)33-19-6-9-28-22(27)21(19)26)29-14-20(30-18)32-10-7-25(8-11-32)13-16-4-2-3-5-17(16)25/h2-6,9,14-15H,7-8,10-13H2,1H3,(H2,27,28). The topological polar surface area (TPSA) is 80.3 Å². The number of pyridine rings is 1. The number of hydrogen-bond donors (Lipinski definition) is 1. The normalized spacial score (nSPS) is 20.6. The van der Waals surface area contributed by atoms with Crippen molar-refractivity contribution >= 4 is 45.9 Å². The molecule has 6 nitrogen and oxygen atoms in total. The second-order valence-corrected chi connectivity index (χ2v) is 10.7. The zero-order valence-electron chi connectivity index (χ0n) is 18.5. The molecule has 2 N–H and O–H groups in total. The molecule has 0 radical (unpaired) electrons. The van der Waals surface area contributed by atoms with Gasteiger partial charge in [-0.15, -0.1) is 0 Å². The van der Waals surface area contributed by atoms with E-state index in [-0.39, 0.29) is 5.92 Å². The number of benzene rings is 1. The third-order valence-electron chi connectivity index (χ3n) is 7.20. The van der Waals surface area contributed by atoms with Crippen molar-refractivity contribution < 1.29 is 0 Å². The van der Waals surface area contributed by atoms with Gasteiger partial charge in [0.1, 0.15) is 11.6 Å². The van der Waals surface area contributed by atoms with Crippen molar-refractivity contribution in [2.75, 3.05) is 23.7 Å². The first-order valence-electron chi connectivity index (χ1n) is 11.4. The van der Waals surface area contributed by atoms with Crippen molar-refractivity contribution in [1.29, 1.82) is 0 Å². The lowest BCUT2D eigenvalue weighted by Crippen LogP contribution is -2.49. The summed E-state index contributed by atoms with van der Waals surface area (Å²) in [6.07, 6.45) is 7.92. The maximum absolute atomic E-state index is 6.33. The number of nitrogens with zero attached hydrogens (tertiary/aromatic N) is 5. The monoisotopic (exact) mass is 476 g/mol. The Bertz CT molecular complexity index is 1270. The van der Waals surface area contributed by atoms with Gasteiger partial charge in [-0.05, 0) is 36.5 Å². The maximum Gasteiger partial charge on any atom is 0.174 e. The molecule has 2 aromatic heterocycles. The van der Waals surface area contributed by atoms with Crippen LogP contribution >= 0.6 is 23.4 Å². The van der Waals surface area contributed by atoms with Gasteiger partial charge in [0.25, 0.3) is 0 Å². The summed E-state index contributed by atoms with van der Waals surface area (Å²) in [6.45, 7) is 4.20. The highest BCUT2D eigenvalue weighted by atomic mass is 35.5. The number of rotatable bonds is 2. The Hall–Kier alpha value is -2.64. The minimum absolute atomic E-state index is 0.230. The summed E-state index contributed by atoms with van der Waals surface area (Å²) in [4.78, 5) is 21.8. The Labute approximate surface area is 202 Å². The summed E-state index contributed by atoms with van der Waals surface area (Å²) in [6, 6.07) is 10.8. The van der Waals surface area contributed by atoms with Gasteiger partial charge < -0.3 is 10.6 Å². The van der Waals surface area contributed by atoms with Gasteiger partial charge in [-0.1, -0.05) is 54.6 Å². The Morgan fingerprint density at radius 1 is 1.15 bits per heavy atom. The molecular weight excluding hydrogens is 452 g/mol. The molecule has 8 heteroatoms. The summed E-state index contributed by atoms with van der Waals surface area (Å²) in [5, 5.41) is 1.45. The van der Waals surface area contributed by atoms with E-state index in [4.69, 9.17) is 32.3 Å². The first-order chi connectivity index (χ1) is 16.0. The predicted octanol–water partition coefficient (Wildman–Crippen LogP) is 5.22. The Morgan fingerprint density at radius 2 is 1.97 bits per heavy atom. The van der Waals surface area contributed by atoms with E-state index in [1.54, 1.807) is 11.8 Å². The predicted molar refractivity (Wildman–Crippen MR) is 135 cm³/mol. The van der Waals surface area contributed by atoms with E-state index < -0.39 is 0 Å². The number of hydrogen-bond acceptors (Lipinski definition) is 7. The summed E-state index contributed by atoms with van der Waals surface area (Å²) in [5.74, 6) is 2.25. The average Bonchev–Trinajstić information content (AvgIpc) is 2.82. The SMILES string of the molecule is CC1Cc2nc(N3CCC4(CC3)Cc3ccccc34)cnc2N=C1Sc1ccnc(N)c1Cl. The van der Waals surface area contributed by atoms with Crippen molar-refractivity contribution in [2.24, 2.45) is 10.9 Å². The van der Waals surface area contributed by atoms with E-state index in [1.165, 1.54) is 36.6 Å². The molecule has 0 saturated carbocycles. The minimum atomic E-state index is 0.230. The van der Waals surface area contributed by atoms with Gasteiger partial charge in [-0.25, -0.2) is 19.9 Å². The van der Waals surface area contributed by atoms with Crippen molar-refractivity contribution in [1.82, 2.24) is 15.0 Å². The summed E-state index contributed by atoms with van der Waals surface area (Å²) < 4.78 is 0. The Kier molecular flexibility index (Phi) is 5.07. The zero-order valence-corrected chi connectivity index (χ0v) is 20.0. The number of nitrogen functional groups attached to an aromatic ring is 1. The van der Waals surface area contributed by atoms with Crippen LogP contribution in [0, 0.1) is 5.92 Å². The van der Waals surface area contributed by atoms with E-state index >= 15 is 0 Å². The first kappa shape index (κ1) is 20.9. The number of aliphatic imine (C=N–C) groups is 1. The van der Waals surface area contributed by atoms with Crippen LogP contribution < -0.4 is 10.6 Å². The second-order valence-electron chi connectivity index (χ2n) is 9.27. The van der Waals surface area contributed by atoms with Crippen LogP contribution in [0.2, 0.25) is 5.02 Å². The molecule has 6 rings (SSSR count). The highest BCUT2D eigenvalue weighted by Crippen LogP contribution is 2.48.